The summed E-state index contributed by atoms with van der Waals surface area (Å²) in [5, 5.41) is 10.8. The Hall–Kier alpha value is -3.26. The van der Waals surface area contributed by atoms with Crippen molar-refractivity contribution in [2.75, 3.05) is 0 Å². The van der Waals surface area contributed by atoms with Crippen LogP contribution >= 0.6 is 15.9 Å². The first-order chi connectivity index (χ1) is 13.0. The van der Waals surface area contributed by atoms with E-state index >= 15 is 0 Å². The van der Waals surface area contributed by atoms with Crippen LogP contribution in [0.5, 0.6) is 0 Å². The molecule has 1 atom stereocenters. The topological polar surface area (TPSA) is 99.7 Å². The zero-order chi connectivity index (χ0) is 19.4. The van der Waals surface area contributed by atoms with Gasteiger partial charge in [-0.25, -0.2) is 4.79 Å². The van der Waals surface area contributed by atoms with Crippen LogP contribution in [0, 0.1) is 10.1 Å². The normalized spacial score (nSPS) is 11.6. The molecule has 27 heavy (non-hydrogen) atoms. The van der Waals surface area contributed by atoms with Gasteiger partial charge in [0.15, 0.2) is 10.8 Å². The van der Waals surface area contributed by atoms with E-state index in [0.29, 0.717) is 15.8 Å². The van der Waals surface area contributed by atoms with E-state index in [2.05, 4.69) is 15.9 Å². The molecule has 3 aromatic rings. The first-order valence-corrected chi connectivity index (χ1v) is 8.55. The van der Waals surface area contributed by atoms with Crippen LogP contribution < -0.4 is 0 Å². The van der Waals surface area contributed by atoms with Crippen LogP contribution in [0.25, 0.3) is 0 Å². The molecule has 0 amide bonds. The second kappa shape index (κ2) is 7.96. The predicted octanol–water partition coefficient (Wildman–Crippen LogP) is 4.73. The number of rotatable bonds is 6. The van der Waals surface area contributed by atoms with Crippen LogP contribution in [0.1, 0.15) is 32.6 Å². The summed E-state index contributed by atoms with van der Waals surface area (Å²) >= 11 is 3.09. The average molecular weight is 430 g/mol. The van der Waals surface area contributed by atoms with E-state index < -0.39 is 22.8 Å². The number of nitrogens with zero attached hydrogens (tertiary/aromatic N) is 1. The van der Waals surface area contributed by atoms with Gasteiger partial charge in [0.25, 0.3) is 5.69 Å². The molecule has 0 bridgehead atoms. The molecule has 0 aliphatic heterocycles. The Bertz CT molecular complexity index is 981. The van der Waals surface area contributed by atoms with Crippen LogP contribution in [0.4, 0.5) is 5.69 Å². The van der Waals surface area contributed by atoms with Gasteiger partial charge in [0, 0.05) is 23.3 Å². The summed E-state index contributed by atoms with van der Waals surface area (Å²) in [6.07, 6.45) is -1.27. The van der Waals surface area contributed by atoms with Crippen LogP contribution in [-0.4, -0.2) is 16.7 Å². The standard InChI is InChI=1S/C19H12BrNO6/c20-16-11-10-15(26-16)19(23)27-18(17(22)12-4-2-1-3-5-12)13-6-8-14(9-7-13)21(24)25/h1-11,18H/t18-/m0/s1. The van der Waals surface area contributed by atoms with Crippen molar-refractivity contribution >= 4 is 33.4 Å². The molecule has 1 aromatic heterocycles. The SMILES string of the molecule is O=C(O[C@H](C(=O)c1ccccc1)c1ccc([N+](=O)[O-])cc1)c1ccc(Br)o1. The number of benzene rings is 2. The van der Waals surface area contributed by atoms with Gasteiger partial charge >= 0.3 is 5.97 Å². The molecule has 7 nitrogen and oxygen atoms in total. The Balaban J connectivity index is 1.94. The van der Waals surface area contributed by atoms with Gasteiger partial charge in [0.05, 0.1) is 4.92 Å². The van der Waals surface area contributed by atoms with Gasteiger partial charge in [-0.05, 0) is 40.2 Å². The van der Waals surface area contributed by atoms with E-state index in [-0.39, 0.29) is 11.4 Å². The van der Waals surface area contributed by atoms with Crippen molar-refractivity contribution in [1.29, 1.82) is 0 Å². The van der Waals surface area contributed by atoms with Crippen molar-refractivity contribution in [2.24, 2.45) is 0 Å². The number of non-ortho nitro benzene ring substituents is 1. The van der Waals surface area contributed by atoms with E-state index in [4.69, 9.17) is 9.15 Å². The first kappa shape index (κ1) is 18.5. The van der Waals surface area contributed by atoms with E-state index in [9.17, 15) is 19.7 Å². The van der Waals surface area contributed by atoms with Crippen molar-refractivity contribution in [3.63, 3.8) is 0 Å². The van der Waals surface area contributed by atoms with Gasteiger partial charge in [0.1, 0.15) is 0 Å². The van der Waals surface area contributed by atoms with E-state index in [1.54, 1.807) is 30.3 Å². The lowest BCUT2D eigenvalue weighted by molar-refractivity contribution is -0.384. The molecule has 0 fully saturated rings. The van der Waals surface area contributed by atoms with Crippen LogP contribution in [-0.2, 0) is 4.74 Å². The van der Waals surface area contributed by atoms with E-state index in [1.165, 1.54) is 36.4 Å². The number of Topliss-reactive ketones (excluding diaryl/α,β-unsaturated/α-hetero) is 1. The lowest BCUT2D eigenvalue weighted by Crippen LogP contribution is -2.20. The fourth-order valence-corrected chi connectivity index (χ4v) is 2.69. The van der Waals surface area contributed by atoms with Crippen LogP contribution in [0.15, 0.2) is 75.8 Å². The maximum Gasteiger partial charge on any atom is 0.375 e. The molecule has 0 N–H and O–H groups in total. The zero-order valence-corrected chi connectivity index (χ0v) is 15.3. The number of halogens is 1. The summed E-state index contributed by atoms with van der Waals surface area (Å²) in [5.41, 5.74) is 0.522. The van der Waals surface area contributed by atoms with E-state index in [0.717, 1.165) is 0 Å². The molecule has 2 aromatic carbocycles. The van der Waals surface area contributed by atoms with Gasteiger partial charge in [-0.2, -0.15) is 0 Å². The first-order valence-electron chi connectivity index (χ1n) is 7.75. The number of furan rings is 1. The molecular weight excluding hydrogens is 418 g/mol. The summed E-state index contributed by atoms with van der Waals surface area (Å²) in [6, 6.07) is 16.5. The summed E-state index contributed by atoms with van der Waals surface area (Å²) in [7, 11) is 0. The summed E-state index contributed by atoms with van der Waals surface area (Å²) in [6.45, 7) is 0. The fourth-order valence-electron chi connectivity index (χ4n) is 2.39. The minimum atomic E-state index is -1.27. The largest absolute Gasteiger partial charge is 0.443 e. The number of ketones is 1. The Morgan fingerprint density at radius 2 is 1.67 bits per heavy atom. The molecule has 0 aliphatic rings. The second-order valence-electron chi connectivity index (χ2n) is 5.47. The van der Waals surface area contributed by atoms with Gasteiger partial charge < -0.3 is 9.15 Å². The highest BCUT2D eigenvalue weighted by atomic mass is 79.9. The van der Waals surface area contributed by atoms with Gasteiger partial charge in [0.2, 0.25) is 11.5 Å². The van der Waals surface area contributed by atoms with Crippen molar-refractivity contribution < 1.29 is 23.7 Å². The monoisotopic (exact) mass is 429 g/mol. The number of hydrogen-bond donors (Lipinski definition) is 0. The number of esters is 1. The highest BCUT2D eigenvalue weighted by Crippen LogP contribution is 2.26. The molecule has 136 valence electrons. The van der Waals surface area contributed by atoms with Crippen LogP contribution in [0.3, 0.4) is 0 Å². The number of nitro groups is 1. The zero-order valence-electron chi connectivity index (χ0n) is 13.7. The molecule has 0 saturated heterocycles. The lowest BCUT2D eigenvalue weighted by atomic mass is 9.99. The number of carbonyl (C=O) groups is 2. The molecular formula is C19H12BrNO6. The molecule has 0 aliphatic carbocycles. The molecule has 8 heteroatoms. The van der Waals surface area contributed by atoms with Gasteiger partial charge in [-0.15, -0.1) is 0 Å². The molecule has 0 unspecified atom stereocenters. The molecule has 0 saturated carbocycles. The fraction of sp³-hybridized carbons (Fsp3) is 0.0526. The highest BCUT2D eigenvalue weighted by Gasteiger charge is 2.28. The Labute approximate surface area is 161 Å². The van der Waals surface area contributed by atoms with E-state index in [1.807, 2.05) is 0 Å². The third-order valence-corrected chi connectivity index (χ3v) is 4.13. The Kier molecular flexibility index (Phi) is 5.46. The van der Waals surface area contributed by atoms with Crippen LogP contribution in [0.2, 0.25) is 0 Å². The van der Waals surface area contributed by atoms with Crippen molar-refractivity contribution in [2.45, 2.75) is 6.10 Å². The minimum Gasteiger partial charge on any atom is -0.443 e. The molecule has 0 spiro atoms. The van der Waals surface area contributed by atoms with Crippen molar-refractivity contribution in [3.8, 4) is 0 Å². The van der Waals surface area contributed by atoms with Crippen molar-refractivity contribution in [1.82, 2.24) is 0 Å². The van der Waals surface area contributed by atoms with Gasteiger partial charge in [-0.3, -0.25) is 14.9 Å². The maximum absolute atomic E-state index is 12.9. The lowest BCUT2D eigenvalue weighted by Gasteiger charge is -2.16. The quantitative estimate of drug-likeness (QED) is 0.243. The maximum atomic E-state index is 12.9. The molecule has 3 rings (SSSR count). The Morgan fingerprint density at radius 1 is 1.00 bits per heavy atom. The number of ether oxygens (including phenoxy) is 1. The predicted molar refractivity (Wildman–Crippen MR) is 98.4 cm³/mol. The van der Waals surface area contributed by atoms with Gasteiger partial charge in [-0.1, -0.05) is 30.3 Å². The summed E-state index contributed by atoms with van der Waals surface area (Å²) in [4.78, 5) is 35.5. The second-order valence-corrected chi connectivity index (χ2v) is 6.25. The summed E-state index contributed by atoms with van der Waals surface area (Å²) < 4.78 is 10.9. The third-order valence-electron chi connectivity index (χ3n) is 3.70. The van der Waals surface area contributed by atoms with Crippen molar-refractivity contribution in [3.05, 3.63) is 98.4 Å². The Morgan fingerprint density at radius 3 is 2.22 bits per heavy atom. The number of carbonyl (C=O) groups excluding carboxylic acids is 2. The average Bonchev–Trinajstić information content (AvgIpc) is 3.13. The highest BCUT2D eigenvalue weighted by molar-refractivity contribution is 9.10. The summed E-state index contributed by atoms with van der Waals surface area (Å²) in [5.74, 6) is -1.36. The molecule has 0 radical (unpaired) electrons. The minimum absolute atomic E-state index is 0.0744. The number of nitro benzene ring substituents is 1. The number of hydrogen-bond acceptors (Lipinski definition) is 6. The molecule has 1 heterocycles. The smallest absolute Gasteiger partial charge is 0.375 e. The third kappa shape index (κ3) is 4.29.